The van der Waals surface area contributed by atoms with Crippen molar-refractivity contribution >= 4 is 5.69 Å². The van der Waals surface area contributed by atoms with Gasteiger partial charge in [-0.05, 0) is 23.6 Å². The molecule has 0 saturated heterocycles. The van der Waals surface area contributed by atoms with Gasteiger partial charge in [0, 0.05) is 17.8 Å². The largest absolute Gasteiger partial charge is 0.493 e. The number of hydrogen-bond donors (Lipinski definition) is 2. The van der Waals surface area contributed by atoms with Gasteiger partial charge in [-0.25, -0.2) is 0 Å². The molecule has 1 atom stereocenters. The number of anilines is 1. The number of ether oxygens (including phenoxy) is 2. The van der Waals surface area contributed by atoms with E-state index in [1.54, 1.807) is 20.3 Å². The molecule has 2 aromatic rings. The second-order valence-electron chi connectivity index (χ2n) is 4.63. The molecule has 0 fully saturated rings. The Morgan fingerprint density at radius 3 is 2.20 bits per heavy atom. The second-order valence-corrected chi connectivity index (χ2v) is 4.63. The van der Waals surface area contributed by atoms with Gasteiger partial charge in [-0.3, -0.25) is 0 Å². The smallest absolute Gasteiger partial charge is 0.162 e. The van der Waals surface area contributed by atoms with Gasteiger partial charge in [0.25, 0.3) is 0 Å². The van der Waals surface area contributed by atoms with Crippen molar-refractivity contribution in [2.45, 2.75) is 12.5 Å². The summed E-state index contributed by atoms with van der Waals surface area (Å²) in [6.45, 7) is 0. The highest BCUT2D eigenvalue weighted by Crippen LogP contribution is 2.34. The third-order valence-electron chi connectivity index (χ3n) is 3.29. The highest BCUT2D eigenvalue weighted by Gasteiger charge is 2.15. The molecule has 0 spiro atoms. The van der Waals surface area contributed by atoms with E-state index in [2.05, 4.69) is 12.1 Å². The summed E-state index contributed by atoms with van der Waals surface area (Å²) in [5, 5.41) is 0. The van der Waals surface area contributed by atoms with E-state index in [1.807, 2.05) is 24.3 Å². The van der Waals surface area contributed by atoms with Crippen molar-refractivity contribution in [3.8, 4) is 11.5 Å². The van der Waals surface area contributed by atoms with E-state index in [4.69, 9.17) is 20.9 Å². The zero-order valence-electron chi connectivity index (χ0n) is 11.8. The molecule has 20 heavy (non-hydrogen) atoms. The molecular weight excluding hydrogens is 252 g/mol. The number of methoxy groups -OCH3 is 2. The first-order valence-corrected chi connectivity index (χ1v) is 6.46. The molecule has 0 radical (unpaired) electrons. The summed E-state index contributed by atoms with van der Waals surface area (Å²) < 4.78 is 10.5. The molecule has 4 nitrogen and oxygen atoms in total. The normalized spacial score (nSPS) is 11.9. The topological polar surface area (TPSA) is 70.5 Å². The lowest BCUT2D eigenvalue weighted by Crippen LogP contribution is -2.15. The summed E-state index contributed by atoms with van der Waals surface area (Å²) in [6, 6.07) is 13.5. The Hall–Kier alpha value is -2.20. The Labute approximate surface area is 119 Å². The zero-order valence-corrected chi connectivity index (χ0v) is 11.8. The molecule has 2 rings (SSSR count). The van der Waals surface area contributed by atoms with Crippen molar-refractivity contribution in [1.82, 2.24) is 0 Å². The van der Waals surface area contributed by atoms with Gasteiger partial charge in [0.05, 0.1) is 14.2 Å². The van der Waals surface area contributed by atoms with Gasteiger partial charge in [-0.1, -0.05) is 30.3 Å². The van der Waals surface area contributed by atoms with Crippen LogP contribution in [0.1, 0.15) is 17.2 Å². The first kappa shape index (κ1) is 14.2. The Morgan fingerprint density at radius 1 is 1.00 bits per heavy atom. The molecule has 0 heterocycles. The fraction of sp³-hybridized carbons (Fsp3) is 0.250. The second kappa shape index (κ2) is 6.30. The SMILES string of the molecule is COc1cc(N)c(C(N)Cc2ccccc2)cc1OC. The minimum Gasteiger partial charge on any atom is -0.493 e. The fourth-order valence-electron chi connectivity index (χ4n) is 2.21. The van der Waals surface area contributed by atoms with Crippen LogP contribution >= 0.6 is 0 Å². The molecule has 0 aliphatic carbocycles. The molecule has 0 bridgehead atoms. The number of rotatable bonds is 5. The summed E-state index contributed by atoms with van der Waals surface area (Å²) in [5.41, 5.74) is 15.0. The van der Waals surface area contributed by atoms with Crippen molar-refractivity contribution in [1.29, 1.82) is 0 Å². The van der Waals surface area contributed by atoms with Gasteiger partial charge in [-0.15, -0.1) is 0 Å². The number of hydrogen-bond acceptors (Lipinski definition) is 4. The molecule has 0 aliphatic heterocycles. The average molecular weight is 272 g/mol. The third kappa shape index (κ3) is 3.03. The Kier molecular flexibility index (Phi) is 4.48. The maximum absolute atomic E-state index is 6.27. The Bertz CT molecular complexity index is 570. The highest BCUT2D eigenvalue weighted by molar-refractivity contribution is 5.59. The average Bonchev–Trinajstić information content (AvgIpc) is 2.47. The van der Waals surface area contributed by atoms with Crippen LogP contribution in [-0.2, 0) is 6.42 Å². The fourth-order valence-corrected chi connectivity index (χ4v) is 2.21. The van der Waals surface area contributed by atoms with Crippen molar-refractivity contribution in [2.24, 2.45) is 5.73 Å². The number of benzene rings is 2. The van der Waals surface area contributed by atoms with Crippen molar-refractivity contribution in [3.05, 3.63) is 53.6 Å². The number of nitrogens with two attached hydrogens (primary N) is 2. The maximum Gasteiger partial charge on any atom is 0.162 e. The van der Waals surface area contributed by atoms with Crippen molar-refractivity contribution in [2.75, 3.05) is 20.0 Å². The first-order valence-electron chi connectivity index (χ1n) is 6.46. The van der Waals surface area contributed by atoms with Gasteiger partial charge < -0.3 is 20.9 Å². The van der Waals surface area contributed by atoms with E-state index in [-0.39, 0.29) is 6.04 Å². The first-order chi connectivity index (χ1) is 9.65. The Morgan fingerprint density at radius 2 is 1.60 bits per heavy atom. The van der Waals surface area contributed by atoms with Gasteiger partial charge in [-0.2, -0.15) is 0 Å². The molecule has 0 aromatic heterocycles. The van der Waals surface area contributed by atoms with E-state index in [9.17, 15) is 0 Å². The van der Waals surface area contributed by atoms with Crippen molar-refractivity contribution in [3.63, 3.8) is 0 Å². The quantitative estimate of drug-likeness (QED) is 0.821. The lowest BCUT2D eigenvalue weighted by molar-refractivity contribution is 0.354. The van der Waals surface area contributed by atoms with Gasteiger partial charge in [0.1, 0.15) is 0 Å². The van der Waals surface area contributed by atoms with Crippen molar-refractivity contribution < 1.29 is 9.47 Å². The predicted molar refractivity (Wildman–Crippen MR) is 81.0 cm³/mol. The molecule has 4 heteroatoms. The van der Waals surface area contributed by atoms with E-state index < -0.39 is 0 Å². The number of nitrogen functional groups attached to an aromatic ring is 1. The summed E-state index contributed by atoms with van der Waals surface area (Å²) in [6.07, 6.45) is 0.723. The molecule has 0 aliphatic rings. The third-order valence-corrected chi connectivity index (χ3v) is 3.29. The molecule has 0 amide bonds. The Balaban J connectivity index is 2.27. The van der Waals surface area contributed by atoms with Crippen LogP contribution in [0.4, 0.5) is 5.69 Å². The molecule has 1 unspecified atom stereocenters. The van der Waals surface area contributed by atoms with E-state index in [1.165, 1.54) is 5.56 Å². The van der Waals surface area contributed by atoms with Crippen LogP contribution in [0.25, 0.3) is 0 Å². The standard InChI is InChI=1S/C16H20N2O2/c1-19-15-9-12(14(18)10-16(15)20-2)13(17)8-11-6-4-3-5-7-11/h3-7,9-10,13H,8,17-18H2,1-2H3. The van der Waals surface area contributed by atoms with Crippen LogP contribution in [0.5, 0.6) is 11.5 Å². The van der Waals surface area contributed by atoms with Crippen LogP contribution < -0.4 is 20.9 Å². The summed E-state index contributed by atoms with van der Waals surface area (Å²) in [5.74, 6) is 1.25. The van der Waals surface area contributed by atoms with E-state index in [0.717, 1.165) is 12.0 Å². The summed E-state index contributed by atoms with van der Waals surface area (Å²) >= 11 is 0. The molecule has 0 saturated carbocycles. The monoisotopic (exact) mass is 272 g/mol. The minimum absolute atomic E-state index is 0.183. The van der Waals surface area contributed by atoms with Crippen LogP contribution in [0, 0.1) is 0 Å². The summed E-state index contributed by atoms with van der Waals surface area (Å²) in [4.78, 5) is 0. The minimum atomic E-state index is -0.183. The highest BCUT2D eigenvalue weighted by atomic mass is 16.5. The van der Waals surface area contributed by atoms with Gasteiger partial charge in [0.2, 0.25) is 0 Å². The van der Waals surface area contributed by atoms with E-state index >= 15 is 0 Å². The lowest BCUT2D eigenvalue weighted by Gasteiger charge is -2.17. The molecule has 2 aromatic carbocycles. The van der Waals surface area contributed by atoms with Crippen LogP contribution in [0.15, 0.2) is 42.5 Å². The van der Waals surface area contributed by atoms with E-state index in [0.29, 0.717) is 17.2 Å². The van der Waals surface area contributed by atoms with Crippen LogP contribution in [0.2, 0.25) is 0 Å². The van der Waals surface area contributed by atoms with Crippen LogP contribution in [0.3, 0.4) is 0 Å². The maximum atomic E-state index is 6.27. The van der Waals surface area contributed by atoms with Crippen LogP contribution in [-0.4, -0.2) is 14.2 Å². The lowest BCUT2D eigenvalue weighted by atomic mass is 9.98. The summed E-state index contributed by atoms with van der Waals surface area (Å²) in [7, 11) is 3.18. The molecule has 4 N–H and O–H groups in total. The molecule has 106 valence electrons. The van der Waals surface area contributed by atoms with Gasteiger partial charge >= 0.3 is 0 Å². The molecular formula is C16H20N2O2. The predicted octanol–water partition coefficient (Wildman–Crippen LogP) is 2.53. The van der Waals surface area contributed by atoms with Gasteiger partial charge in [0.15, 0.2) is 11.5 Å². The zero-order chi connectivity index (χ0) is 14.5.